The van der Waals surface area contributed by atoms with Crippen molar-refractivity contribution in [1.82, 2.24) is 5.32 Å². The van der Waals surface area contributed by atoms with E-state index in [0.717, 1.165) is 0 Å². The Hall–Kier alpha value is -4.51. The average Bonchev–Trinajstić information content (AvgIpc) is 3.35. The summed E-state index contributed by atoms with van der Waals surface area (Å²) in [6.07, 6.45) is 2.94. The molecule has 0 aliphatic rings. The highest BCUT2D eigenvalue weighted by Crippen LogP contribution is 2.18. The van der Waals surface area contributed by atoms with Gasteiger partial charge in [0.15, 0.2) is 6.61 Å². The lowest BCUT2D eigenvalue weighted by atomic mass is 10.1. The number of carbonyl (C=O) groups excluding carboxylic acids is 2. The third-order valence-corrected chi connectivity index (χ3v) is 4.21. The molecule has 0 unspecified atom stereocenters. The average molecular weight is 432 g/mol. The number of nitrogens with zero attached hydrogens (tertiary/aromatic N) is 1. The predicted octanol–water partition coefficient (Wildman–Crippen LogP) is 3.50. The Kier molecular flexibility index (Phi) is 7.65. The molecule has 8 heteroatoms. The van der Waals surface area contributed by atoms with E-state index >= 15 is 0 Å². The van der Waals surface area contributed by atoms with Gasteiger partial charge < -0.3 is 23.9 Å². The number of esters is 1. The zero-order chi connectivity index (χ0) is 22.8. The highest BCUT2D eigenvalue weighted by atomic mass is 16.6. The van der Waals surface area contributed by atoms with Gasteiger partial charge in [-0.2, -0.15) is 5.26 Å². The number of furan rings is 1. The number of hydrogen-bond donors (Lipinski definition) is 1. The zero-order valence-electron chi connectivity index (χ0n) is 17.2. The summed E-state index contributed by atoms with van der Waals surface area (Å²) in [5.74, 6) is 1.000. The molecule has 3 aromatic rings. The van der Waals surface area contributed by atoms with Gasteiger partial charge in [0.1, 0.15) is 34.7 Å². The van der Waals surface area contributed by atoms with E-state index in [1.165, 1.54) is 12.3 Å². The van der Waals surface area contributed by atoms with E-state index in [-0.39, 0.29) is 18.7 Å². The molecular formula is C24H20N2O6. The van der Waals surface area contributed by atoms with Crippen LogP contribution in [0.1, 0.15) is 11.3 Å². The van der Waals surface area contributed by atoms with E-state index < -0.39 is 11.9 Å². The minimum Gasteiger partial charge on any atom is -0.497 e. The van der Waals surface area contributed by atoms with Crippen molar-refractivity contribution in [3.63, 3.8) is 0 Å². The Morgan fingerprint density at radius 1 is 1.03 bits per heavy atom. The van der Waals surface area contributed by atoms with Crippen molar-refractivity contribution in [1.29, 1.82) is 5.26 Å². The van der Waals surface area contributed by atoms with Gasteiger partial charge >= 0.3 is 5.97 Å². The predicted molar refractivity (Wildman–Crippen MR) is 115 cm³/mol. The second-order valence-electron chi connectivity index (χ2n) is 6.44. The van der Waals surface area contributed by atoms with Crippen molar-refractivity contribution in [2.24, 2.45) is 0 Å². The molecule has 0 aliphatic heterocycles. The van der Waals surface area contributed by atoms with Crippen LogP contribution >= 0.6 is 0 Å². The second-order valence-corrected chi connectivity index (χ2v) is 6.44. The normalized spacial score (nSPS) is 10.7. The summed E-state index contributed by atoms with van der Waals surface area (Å²) in [6.45, 7) is -0.0826. The van der Waals surface area contributed by atoms with Crippen LogP contribution in [0.5, 0.6) is 17.2 Å². The van der Waals surface area contributed by atoms with E-state index in [0.29, 0.717) is 28.6 Å². The van der Waals surface area contributed by atoms with Gasteiger partial charge in [-0.05, 0) is 60.2 Å². The molecule has 0 aliphatic carbocycles. The summed E-state index contributed by atoms with van der Waals surface area (Å²) in [7, 11) is 1.56. The maximum atomic E-state index is 12.2. The summed E-state index contributed by atoms with van der Waals surface area (Å²) in [5, 5.41) is 11.9. The molecule has 0 bridgehead atoms. The van der Waals surface area contributed by atoms with E-state index in [1.807, 2.05) is 6.07 Å². The van der Waals surface area contributed by atoms with Crippen LogP contribution in [0, 0.1) is 11.3 Å². The molecule has 3 rings (SSSR count). The smallest absolute Gasteiger partial charge is 0.349 e. The van der Waals surface area contributed by atoms with Crippen molar-refractivity contribution in [2.45, 2.75) is 6.54 Å². The molecule has 1 heterocycles. The first-order chi connectivity index (χ1) is 15.6. The zero-order valence-corrected chi connectivity index (χ0v) is 17.2. The van der Waals surface area contributed by atoms with Crippen LogP contribution in [-0.2, 0) is 16.1 Å². The molecule has 0 spiro atoms. The Balaban J connectivity index is 1.51. The van der Waals surface area contributed by atoms with Crippen LogP contribution in [0.25, 0.3) is 6.08 Å². The molecule has 1 amide bonds. The van der Waals surface area contributed by atoms with E-state index in [1.54, 1.807) is 67.8 Å². The van der Waals surface area contributed by atoms with Gasteiger partial charge in [0, 0.05) is 0 Å². The van der Waals surface area contributed by atoms with Crippen molar-refractivity contribution >= 4 is 18.0 Å². The van der Waals surface area contributed by atoms with Gasteiger partial charge in [-0.25, -0.2) is 4.79 Å². The number of amides is 1. The third kappa shape index (κ3) is 6.50. The van der Waals surface area contributed by atoms with Crippen LogP contribution in [0.3, 0.4) is 0 Å². The van der Waals surface area contributed by atoms with E-state index in [2.05, 4.69) is 5.32 Å². The van der Waals surface area contributed by atoms with Gasteiger partial charge in [-0.15, -0.1) is 0 Å². The monoisotopic (exact) mass is 432 g/mol. The summed E-state index contributed by atoms with van der Waals surface area (Å²) in [6, 6.07) is 18.5. The Morgan fingerprint density at radius 3 is 2.34 bits per heavy atom. The van der Waals surface area contributed by atoms with Crippen LogP contribution in [0.2, 0.25) is 0 Å². The van der Waals surface area contributed by atoms with E-state index in [4.69, 9.17) is 18.6 Å². The number of nitriles is 1. The molecule has 0 radical (unpaired) electrons. The number of hydrogen-bond acceptors (Lipinski definition) is 7. The number of nitrogens with one attached hydrogen (secondary N) is 1. The summed E-state index contributed by atoms with van der Waals surface area (Å²) in [5.41, 5.74) is 0.540. The highest BCUT2D eigenvalue weighted by Gasteiger charge is 2.10. The van der Waals surface area contributed by atoms with Crippen LogP contribution in [0.15, 0.2) is 76.9 Å². The fourth-order valence-corrected chi connectivity index (χ4v) is 2.60. The quantitative estimate of drug-likeness (QED) is 0.238. The third-order valence-electron chi connectivity index (χ3n) is 4.21. The number of carbonyl (C=O) groups is 2. The lowest BCUT2D eigenvalue weighted by Crippen LogP contribution is -2.23. The fourth-order valence-electron chi connectivity index (χ4n) is 2.60. The summed E-state index contributed by atoms with van der Waals surface area (Å²) >= 11 is 0. The lowest BCUT2D eigenvalue weighted by Gasteiger charge is -2.08. The van der Waals surface area contributed by atoms with Crippen LogP contribution < -0.4 is 19.5 Å². The first-order valence-corrected chi connectivity index (χ1v) is 9.57. The Labute approximate surface area is 184 Å². The number of methoxy groups -OCH3 is 1. The topological polar surface area (TPSA) is 111 Å². The molecule has 0 saturated carbocycles. The molecule has 162 valence electrons. The Morgan fingerprint density at radius 2 is 1.72 bits per heavy atom. The SMILES string of the molecule is COc1ccc(OCC(=O)Oc2ccc(/C=C(\C#N)C(=O)NCc3ccco3)cc2)cc1. The van der Waals surface area contributed by atoms with Crippen molar-refractivity contribution in [2.75, 3.05) is 13.7 Å². The second kappa shape index (κ2) is 11.0. The first kappa shape index (κ1) is 22.2. The van der Waals surface area contributed by atoms with Gasteiger partial charge in [0.2, 0.25) is 0 Å². The van der Waals surface area contributed by atoms with Gasteiger partial charge in [0.25, 0.3) is 5.91 Å². The minimum absolute atomic E-state index is 0.0609. The van der Waals surface area contributed by atoms with Crippen molar-refractivity contribution in [3.8, 4) is 23.3 Å². The fraction of sp³-hybridized carbons (Fsp3) is 0.125. The first-order valence-electron chi connectivity index (χ1n) is 9.57. The number of ether oxygens (including phenoxy) is 3. The largest absolute Gasteiger partial charge is 0.497 e. The number of benzene rings is 2. The maximum absolute atomic E-state index is 12.2. The van der Waals surface area contributed by atoms with Gasteiger partial charge in [-0.3, -0.25) is 4.79 Å². The molecule has 2 aromatic carbocycles. The summed E-state index contributed by atoms with van der Waals surface area (Å²) in [4.78, 5) is 24.2. The summed E-state index contributed by atoms with van der Waals surface area (Å²) < 4.78 is 20.8. The van der Waals surface area contributed by atoms with Crippen LogP contribution in [0.4, 0.5) is 0 Å². The molecule has 0 fully saturated rings. The van der Waals surface area contributed by atoms with Crippen molar-refractivity contribution < 1.29 is 28.2 Å². The molecule has 8 nitrogen and oxygen atoms in total. The number of rotatable bonds is 9. The molecule has 32 heavy (non-hydrogen) atoms. The van der Waals surface area contributed by atoms with Gasteiger partial charge in [-0.1, -0.05) is 12.1 Å². The van der Waals surface area contributed by atoms with Crippen molar-refractivity contribution in [3.05, 3.63) is 83.8 Å². The highest BCUT2D eigenvalue weighted by molar-refractivity contribution is 6.01. The molecule has 0 saturated heterocycles. The molecule has 1 N–H and O–H groups in total. The maximum Gasteiger partial charge on any atom is 0.349 e. The molecule has 1 aromatic heterocycles. The van der Waals surface area contributed by atoms with Gasteiger partial charge in [0.05, 0.1) is 19.9 Å². The lowest BCUT2D eigenvalue weighted by molar-refractivity contribution is -0.136. The van der Waals surface area contributed by atoms with Crippen LogP contribution in [-0.4, -0.2) is 25.6 Å². The minimum atomic E-state index is -0.570. The standard InChI is InChI=1S/C24H20N2O6/c1-29-19-8-10-20(11-9-19)31-16-23(27)32-21-6-4-17(5-7-21)13-18(14-25)24(28)26-15-22-3-2-12-30-22/h2-13H,15-16H2,1H3,(H,26,28)/b18-13+. The molecule has 0 atom stereocenters. The van der Waals surface area contributed by atoms with E-state index in [9.17, 15) is 14.9 Å². The molecular weight excluding hydrogens is 412 g/mol. The Bertz CT molecular complexity index is 1110.